The Hall–Kier alpha value is -1.33. The summed E-state index contributed by atoms with van der Waals surface area (Å²) in [5.41, 5.74) is 2.82. The molecule has 1 heterocycles. The molecule has 2 nitrogen and oxygen atoms in total. The summed E-state index contributed by atoms with van der Waals surface area (Å²) >= 11 is 0. The minimum atomic E-state index is 0.0444. The van der Waals surface area contributed by atoms with Gasteiger partial charge in [-0.1, -0.05) is 45.0 Å². The molecule has 0 aromatic heterocycles. The predicted molar refractivity (Wildman–Crippen MR) is 79.1 cm³/mol. The van der Waals surface area contributed by atoms with Crippen LogP contribution in [0.2, 0.25) is 0 Å². The third kappa shape index (κ3) is 3.58. The van der Waals surface area contributed by atoms with Crippen LogP contribution in [0.1, 0.15) is 44.7 Å². The Balaban J connectivity index is 2.04. The van der Waals surface area contributed by atoms with Crippen molar-refractivity contribution >= 4 is 0 Å². The van der Waals surface area contributed by atoms with Crippen LogP contribution in [0, 0.1) is 11.3 Å². The van der Waals surface area contributed by atoms with Gasteiger partial charge in [-0.2, -0.15) is 5.26 Å². The van der Waals surface area contributed by atoms with Gasteiger partial charge in [0.25, 0.3) is 0 Å². The highest BCUT2D eigenvalue weighted by atomic mass is 15.2. The maximum Gasteiger partial charge on any atom is 0.102 e. The molecule has 0 radical (unpaired) electrons. The molecule has 19 heavy (non-hydrogen) atoms. The van der Waals surface area contributed by atoms with Gasteiger partial charge in [0.05, 0.1) is 6.07 Å². The normalized spacial score (nSPS) is 18.2. The second-order valence-electron chi connectivity index (χ2n) is 6.54. The Morgan fingerprint density at radius 1 is 1.16 bits per heavy atom. The summed E-state index contributed by atoms with van der Waals surface area (Å²) in [6.07, 6.45) is 3.32. The van der Waals surface area contributed by atoms with Crippen molar-refractivity contribution in [1.29, 1.82) is 5.26 Å². The molecule has 102 valence electrons. The lowest BCUT2D eigenvalue weighted by Gasteiger charge is -2.22. The topological polar surface area (TPSA) is 27.0 Å². The van der Waals surface area contributed by atoms with Gasteiger partial charge < -0.3 is 0 Å². The van der Waals surface area contributed by atoms with Crippen LogP contribution in [-0.4, -0.2) is 24.0 Å². The van der Waals surface area contributed by atoms with E-state index in [-0.39, 0.29) is 11.5 Å². The van der Waals surface area contributed by atoms with E-state index in [1.54, 1.807) is 0 Å². The molecule has 0 bridgehead atoms. The van der Waals surface area contributed by atoms with Crippen LogP contribution in [0.5, 0.6) is 0 Å². The number of hydrogen-bond donors (Lipinski definition) is 0. The SMILES string of the molecule is CC(C)(C)c1ccc(CC(C#N)N2CCCC2)cc1. The monoisotopic (exact) mass is 256 g/mol. The molecule has 1 fully saturated rings. The summed E-state index contributed by atoms with van der Waals surface area (Å²) in [5.74, 6) is 0. The Morgan fingerprint density at radius 2 is 1.74 bits per heavy atom. The Morgan fingerprint density at radius 3 is 2.21 bits per heavy atom. The first-order chi connectivity index (χ1) is 9.00. The van der Waals surface area contributed by atoms with Crippen molar-refractivity contribution < 1.29 is 0 Å². The zero-order valence-corrected chi connectivity index (χ0v) is 12.3. The molecule has 1 saturated heterocycles. The van der Waals surface area contributed by atoms with Crippen molar-refractivity contribution in [3.63, 3.8) is 0 Å². The van der Waals surface area contributed by atoms with E-state index in [4.69, 9.17) is 0 Å². The first-order valence-corrected chi connectivity index (χ1v) is 7.24. The van der Waals surface area contributed by atoms with Gasteiger partial charge in [-0.15, -0.1) is 0 Å². The maximum atomic E-state index is 9.34. The van der Waals surface area contributed by atoms with Crippen LogP contribution >= 0.6 is 0 Å². The molecule has 0 aliphatic carbocycles. The van der Waals surface area contributed by atoms with Crippen LogP contribution in [0.15, 0.2) is 24.3 Å². The zero-order chi connectivity index (χ0) is 13.9. The van der Waals surface area contributed by atoms with Crippen molar-refractivity contribution in [2.24, 2.45) is 0 Å². The van der Waals surface area contributed by atoms with Gasteiger partial charge in [0.1, 0.15) is 6.04 Å². The van der Waals surface area contributed by atoms with Crippen molar-refractivity contribution in [2.45, 2.75) is 51.5 Å². The molecule has 1 aliphatic heterocycles. The minimum Gasteiger partial charge on any atom is -0.288 e. The molecule has 1 aromatic carbocycles. The molecule has 0 saturated carbocycles. The lowest BCUT2D eigenvalue weighted by Crippen LogP contribution is -2.33. The van der Waals surface area contributed by atoms with Crippen LogP contribution in [-0.2, 0) is 11.8 Å². The van der Waals surface area contributed by atoms with Gasteiger partial charge in [-0.25, -0.2) is 0 Å². The summed E-state index contributed by atoms with van der Waals surface area (Å²) in [6, 6.07) is 11.3. The number of benzene rings is 1. The lowest BCUT2D eigenvalue weighted by atomic mass is 9.86. The van der Waals surface area contributed by atoms with E-state index in [9.17, 15) is 5.26 Å². The van der Waals surface area contributed by atoms with Crippen molar-refractivity contribution in [1.82, 2.24) is 4.90 Å². The van der Waals surface area contributed by atoms with E-state index in [0.717, 1.165) is 19.5 Å². The van der Waals surface area contributed by atoms with E-state index in [2.05, 4.69) is 56.0 Å². The second kappa shape index (κ2) is 5.75. The largest absolute Gasteiger partial charge is 0.288 e. The zero-order valence-electron chi connectivity index (χ0n) is 12.3. The Kier molecular flexibility index (Phi) is 4.27. The molecule has 1 atom stereocenters. The van der Waals surface area contributed by atoms with Gasteiger partial charge in [0, 0.05) is 6.42 Å². The van der Waals surface area contributed by atoms with Crippen molar-refractivity contribution in [3.05, 3.63) is 35.4 Å². The highest BCUT2D eigenvalue weighted by Gasteiger charge is 2.22. The molecule has 2 heteroatoms. The van der Waals surface area contributed by atoms with Gasteiger partial charge in [0.2, 0.25) is 0 Å². The summed E-state index contributed by atoms with van der Waals surface area (Å²) in [4.78, 5) is 2.32. The molecule has 0 N–H and O–H groups in total. The predicted octanol–water partition coefficient (Wildman–Crippen LogP) is 3.51. The molecule has 0 spiro atoms. The molecule has 1 aromatic rings. The van der Waals surface area contributed by atoms with E-state index < -0.39 is 0 Å². The molecular formula is C17H24N2. The molecule has 1 aliphatic rings. The van der Waals surface area contributed by atoms with Gasteiger partial charge in [-0.3, -0.25) is 4.90 Å². The average Bonchev–Trinajstić information content (AvgIpc) is 2.89. The highest BCUT2D eigenvalue weighted by Crippen LogP contribution is 2.23. The lowest BCUT2D eigenvalue weighted by molar-refractivity contribution is 0.288. The number of rotatable bonds is 3. The second-order valence-corrected chi connectivity index (χ2v) is 6.54. The summed E-state index contributed by atoms with van der Waals surface area (Å²) in [5, 5.41) is 9.34. The summed E-state index contributed by atoms with van der Waals surface area (Å²) in [7, 11) is 0. The van der Waals surface area contributed by atoms with E-state index in [1.165, 1.54) is 24.0 Å². The first kappa shape index (κ1) is 14.1. The molecule has 1 unspecified atom stereocenters. The number of likely N-dealkylation sites (tertiary alicyclic amines) is 1. The fraction of sp³-hybridized carbons (Fsp3) is 0.588. The van der Waals surface area contributed by atoms with Crippen molar-refractivity contribution in [3.8, 4) is 6.07 Å². The number of hydrogen-bond acceptors (Lipinski definition) is 2. The maximum absolute atomic E-state index is 9.34. The summed E-state index contributed by atoms with van der Waals surface area (Å²) in [6.45, 7) is 8.84. The fourth-order valence-electron chi connectivity index (χ4n) is 2.67. The molecule has 2 rings (SSSR count). The minimum absolute atomic E-state index is 0.0444. The third-order valence-electron chi connectivity index (χ3n) is 3.98. The standard InChI is InChI=1S/C17H24N2/c1-17(2,3)15-8-6-14(7-9-15)12-16(13-18)19-10-4-5-11-19/h6-9,16H,4-5,10-12H2,1-3H3. The van der Waals surface area contributed by atoms with Crippen LogP contribution in [0.25, 0.3) is 0 Å². The highest BCUT2D eigenvalue weighted by molar-refractivity contribution is 5.28. The van der Waals surface area contributed by atoms with Gasteiger partial charge in [0.15, 0.2) is 0 Å². The van der Waals surface area contributed by atoms with E-state index in [1.807, 2.05) is 0 Å². The fourth-order valence-corrected chi connectivity index (χ4v) is 2.67. The quantitative estimate of drug-likeness (QED) is 0.827. The number of nitrogens with zero attached hydrogens (tertiary/aromatic N) is 2. The molecule has 0 amide bonds. The van der Waals surface area contributed by atoms with E-state index in [0.29, 0.717) is 0 Å². The van der Waals surface area contributed by atoms with Crippen LogP contribution in [0.4, 0.5) is 0 Å². The van der Waals surface area contributed by atoms with E-state index >= 15 is 0 Å². The average molecular weight is 256 g/mol. The Labute approximate surface area is 117 Å². The van der Waals surface area contributed by atoms with Gasteiger partial charge in [-0.05, 0) is 42.5 Å². The van der Waals surface area contributed by atoms with Gasteiger partial charge >= 0.3 is 0 Å². The van der Waals surface area contributed by atoms with Crippen LogP contribution in [0.3, 0.4) is 0 Å². The summed E-state index contributed by atoms with van der Waals surface area (Å²) < 4.78 is 0. The smallest absolute Gasteiger partial charge is 0.102 e. The van der Waals surface area contributed by atoms with Crippen molar-refractivity contribution in [2.75, 3.05) is 13.1 Å². The third-order valence-corrected chi connectivity index (χ3v) is 3.98. The van der Waals surface area contributed by atoms with Crippen LogP contribution < -0.4 is 0 Å². The first-order valence-electron chi connectivity index (χ1n) is 7.24. The Bertz CT molecular complexity index is 442. The number of nitriles is 1. The molecular weight excluding hydrogens is 232 g/mol.